The number of nitrogens with one attached hydrogen (secondary N) is 1. The monoisotopic (exact) mass is 333 g/mol. The van der Waals surface area contributed by atoms with Gasteiger partial charge in [-0.05, 0) is 30.3 Å². The third kappa shape index (κ3) is 2.80. The number of hydrogen-bond acceptors (Lipinski definition) is 3. The summed E-state index contributed by atoms with van der Waals surface area (Å²) >= 11 is 0. The summed E-state index contributed by atoms with van der Waals surface area (Å²) in [7, 11) is -3.75. The van der Waals surface area contributed by atoms with Crippen LogP contribution in [0.15, 0.2) is 59.6 Å². The normalized spacial score (nSPS) is 11.7. The Morgan fingerprint density at radius 1 is 1.13 bits per heavy atom. The molecule has 23 heavy (non-hydrogen) atoms. The Bertz CT molecular complexity index is 923. The van der Waals surface area contributed by atoms with E-state index in [0.717, 1.165) is 0 Å². The molecule has 3 rings (SSSR count). The first-order valence-electron chi connectivity index (χ1n) is 7.08. The maximum atomic E-state index is 13.3. The quantitative estimate of drug-likeness (QED) is 0.753. The summed E-state index contributed by atoms with van der Waals surface area (Å²) in [6, 6.07) is 12.3. The highest BCUT2D eigenvalue weighted by atomic mass is 32.2. The number of fused-ring (bicyclic) bond motifs is 1. The number of sulfonamides is 1. The topological polar surface area (TPSA) is 79.2 Å². The second-order valence-electron chi connectivity index (χ2n) is 5.04. The zero-order chi connectivity index (χ0) is 16.4. The van der Waals surface area contributed by atoms with E-state index in [1.807, 2.05) is 0 Å². The number of hydrogen-bond donors (Lipinski definition) is 2. The molecule has 0 radical (unpaired) electrons. The van der Waals surface area contributed by atoms with Crippen molar-refractivity contribution in [3.63, 3.8) is 0 Å². The second kappa shape index (κ2) is 6.02. The molecular weight excluding hydrogens is 317 g/mol. The van der Waals surface area contributed by atoms with Crippen LogP contribution in [-0.4, -0.2) is 26.5 Å². The van der Waals surface area contributed by atoms with Crippen molar-refractivity contribution >= 4 is 26.6 Å². The van der Waals surface area contributed by atoms with Gasteiger partial charge in [-0.3, -0.25) is 4.31 Å². The SMILES string of the molecule is NCCN(c1c[nH]c2cc(F)ccc12)S(=O)(=O)c1ccccc1. The zero-order valence-electron chi connectivity index (χ0n) is 12.2. The van der Waals surface area contributed by atoms with Crippen LogP contribution in [0.3, 0.4) is 0 Å². The first-order valence-corrected chi connectivity index (χ1v) is 8.52. The van der Waals surface area contributed by atoms with Gasteiger partial charge in [0.2, 0.25) is 0 Å². The first kappa shape index (κ1) is 15.5. The first-order chi connectivity index (χ1) is 11.0. The lowest BCUT2D eigenvalue weighted by Gasteiger charge is -2.23. The van der Waals surface area contributed by atoms with E-state index in [1.165, 1.54) is 28.6 Å². The van der Waals surface area contributed by atoms with Crippen LogP contribution in [0.1, 0.15) is 0 Å². The van der Waals surface area contributed by atoms with Gasteiger partial charge in [0.25, 0.3) is 10.0 Å². The Hall–Kier alpha value is -2.38. The van der Waals surface area contributed by atoms with Crippen LogP contribution >= 0.6 is 0 Å². The van der Waals surface area contributed by atoms with Gasteiger partial charge in [-0.15, -0.1) is 0 Å². The number of aromatic amines is 1. The molecule has 0 unspecified atom stereocenters. The summed E-state index contributed by atoms with van der Waals surface area (Å²) in [4.78, 5) is 3.09. The average molecular weight is 333 g/mol. The van der Waals surface area contributed by atoms with Crippen molar-refractivity contribution in [3.05, 3.63) is 60.5 Å². The number of halogens is 1. The smallest absolute Gasteiger partial charge is 0.264 e. The lowest BCUT2D eigenvalue weighted by Crippen LogP contribution is -2.35. The van der Waals surface area contributed by atoms with E-state index in [0.29, 0.717) is 16.6 Å². The maximum Gasteiger partial charge on any atom is 0.264 e. The van der Waals surface area contributed by atoms with Gasteiger partial charge in [0.15, 0.2) is 0 Å². The fourth-order valence-electron chi connectivity index (χ4n) is 2.50. The summed E-state index contributed by atoms with van der Waals surface area (Å²) in [5, 5.41) is 0.624. The third-order valence-corrected chi connectivity index (χ3v) is 5.38. The highest BCUT2D eigenvalue weighted by molar-refractivity contribution is 7.92. The fourth-order valence-corrected chi connectivity index (χ4v) is 4.01. The van der Waals surface area contributed by atoms with Gasteiger partial charge in [-0.2, -0.15) is 0 Å². The number of nitrogens with two attached hydrogens (primary N) is 1. The number of rotatable bonds is 5. The fraction of sp³-hybridized carbons (Fsp3) is 0.125. The Labute approximate surface area is 133 Å². The Balaban J connectivity index is 2.15. The van der Waals surface area contributed by atoms with Crippen molar-refractivity contribution in [3.8, 4) is 0 Å². The van der Waals surface area contributed by atoms with Gasteiger partial charge < -0.3 is 10.7 Å². The van der Waals surface area contributed by atoms with Crippen LogP contribution in [0.25, 0.3) is 10.9 Å². The van der Waals surface area contributed by atoms with E-state index < -0.39 is 10.0 Å². The summed E-state index contributed by atoms with van der Waals surface area (Å²) in [6.07, 6.45) is 1.56. The molecule has 0 aliphatic carbocycles. The van der Waals surface area contributed by atoms with Crippen molar-refractivity contribution in [2.24, 2.45) is 5.73 Å². The van der Waals surface area contributed by atoms with Crippen molar-refractivity contribution in [1.29, 1.82) is 0 Å². The molecule has 7 heteroatoms. The second-order valence-corrected chi connectivity index (χ2v) is 6.91. The predicted molar refractivity (Wildman–Crippen MR) is 88.3 cm³/mol. The zero-order valence-corrected chi connectivity index (χ0v) is 13.1. The van der Waals surface area contributed by atoms with Gasteiger partial charge in [0.05, 0.1) is 16.1 Å². The number of H-pyrrole nitrogens is 1. The molecule has 0 bridgehead atoms. The minimum absolute atomic E-state index is 0.127. The van der Waals surface area contributed by atoms with E-state index in [9.17, 15) is 12.8 Å². The minimum Gasteiger partial charge on any atom is -0.359 e. The van der Waals surface area contributed by atoms with Crippen molar-refractivity contribution < 1.29 is 12.8 Å². The molecule has 0 aliphatic heterocycles. The highest BCUT2D eigenvalue weighted by Gasteiger charge is 2.26. The van der Waals surface area contributed by atoms with Gasteiger partial charge in [-0.25, -0.2) is 12.8 Å². The molecule has 3 aromatic rings. The summed E-state index contributed by atoms with van der Waals surface area (Å²) < 4.78 is 40.4. The Kier molecular flexibility index (Phi) is 4.06. The van der Waals surface area contributed by atoms with Crippen molar-refractivity contribution in [2.75, 3.05) is 17.4 Å². The number of nitrogens with zero attached hydrogens (tertiary/aromatic N) is 1. The van der Waals surface area contributed by atoms with E-state index in [-0.39, 0.29) is 23.8 Å². The molecule has 0 atom stereocenters. The summed E-state index contributed by atoms with van der Waals surface area (Å²) in [5.41, 5.74) is 6.59. The molecule has 5 nitrogen and oxygen atoms in total. The molecule has 3 N–H and O–H groups in total. The van der Waals surface area contributed by atoms with Crippen LogP contribution in [-0.2, 0) is 10.0 Å². The number of anilines is 1. The molecule has 0 amide bonds. The number of aromatic nitrogens is 1. The minimum atomic E-state index is -3.75. The van der Waals surface area contributed by atoms with Crippen LogP contribution in [0.5, 0.6) is 0 Å². The standard InChI is InChI=1S/C16H16FN3O2S/c17-12-6-7-14-15(10-12)19-11-16(14)20(9-8-18)23(21,22)13-4-2-1-3-5-13/h1-7,10-11,19H,8-9,18H2. The van der Waals surface area contributed by atoms with Gasteiger partial charge in [-0.1, -0.05) is 18.2 Å². The van der Waals surface area contributed by atoms with E-state index >= 15 is 0 Å². The highest BCUT2D eigenvalue weighted by Crippen LogP contribution is 2.31. The largest absolute Gasteiger partial charge is 0.359 e. The maximum absolute atomic E-state index is 13.3. The van der Waals surface area contributed by atoms with Crippen LogP contribution in [0, 0.1) is 5.82 Å². The third-order valence-electron chi connectivity index (χ3n) is 3.55. The van der Waals surface area contributed by atoms with Gasteiger partial charge >= 0.3 is 0 Å². The van der Waals surface area contributed by atoms with Crippen LogP contribution < -0.4 is 10.0 Å². The number of benzene rings is 2. The Morgan fingerprint density at radius 2 is 1.87 bits per heavy atom. The van der Waals surface area contributed by atoms with E-state index in [1.54, 1.807) is 30.5 Å². The molecule has 0 saturated heterocycles. The van der Waals surface area contributed by atoms with E-state index in [2.05, 4.69) is 4.98 Å². The molecule has 0 aliphatic rings. The van der Waals surface area contributed by atoms with Crippen LogP contribution in [0.4, 0.5) is 10.1 Å². The van der Waals surface area contributed by atoms with Gasteiger partial charge in [0, 0.05) is 24.7 Å². The molecule has 0 fully saturated rings. The molecule has 1 aromatic heterocycles. The lowest BCUT2D eigenvalue weighted by atomic mass is 10.2. The van der Waals surface area contributed by atoms with Crippen LogP contribution in [0.2, 0.25) is 0 Å². The average Bonchev–Trinajstić information content (AvgIpc) is 2.95. The molecule has 120 valence electrons. The predicted octanol–water partition coefficient (Wildman–Crippen LogP) is 2.46. The van der Waals surface area contributed by atoms with E-state index in [4.69, 9.17) is 5.73 Å². The molecular formula is C16H16FN3O2S. The van der Waals surface area contributed by atoms with Crippen molar-refractivity contribution in [1.82, 2.24) is 4.98 Å². The molecule has 1 heterocycles. The molecule has 0 spiro atoms. The van der Waals surface area contributed by atoms with Gasteiger partial charge in [0.1, 0.15) is 5.82 Å². The lowest BCUT2D eigenvalue weighted by molar-refractivity contribution is 0.591. The molecule has 2 aromatic carbocycles. The summed E-state index contributed by atoms with van der Waals surface area (Å²) in [6.45, 7) is 0.293. The Morgan fingerprint density at radius 3 is 2.57 bits per heavy atom. The van der Waals surface area contributed by atoms with Crippen molar-refractivity contribution in [2.45, 2.75) is 4.90 Å². The molecule has 0 saturated carbocycles. The summed E-state index contributed by atoms with van der Waals surface area (Å²) in [5.74, 6) is -0.387.